The van der Waals surface area contributed by atoms with E-state index >= 15 is 0 Å². The van der Waals surface area contributed by atoms with Gasteiger partial charge in [-0.25, -0.2) is 0 Å². The number of rotatable bonds is 3. The van der Waals surface area contributed by atoms with E-state index in [4.69, 9.17) is 0 Å². The Bertz CT molecular complexity index is 584. The molecule has 18 heavy (non-hydrogen) atoms. The van der Waals surface area contributed by atoms with Gasteiger partial charge in [0.25, 0.3) is 0 Å². The fourth-order valence-electron chi connectivity index (χ4n) is 1.73. The lowest BCUT2D eigenvalue weighted by molar-refractivity contribution is 0.463. The lowest BCUT2D eigenvalue weighted by atomic mass is 10.2. The predicted molar refractivity (Wildman–Crippen MR) is 76.5 cm³/mol. The summed E-state index contributed by atoms with van der Waals surface area (Å²) in [5.41, 5.74) is 0.456. The molecule has 94 valence electrons. The molecule has 0 heterocycles. The van der Waals surface area contributed by atoms with Gasteiger partial charge in [-0.15, -0.1) is 9.24 Å². The third kappa shape index (κ3) is 2.49. The first-order valence-corrected chi connectivity index (χ1v) is 7.84. The second kappa shape index (κ2) is 5.24. The van der Waals surface area contributed by atoms with Crippen molar-refractivity contribution < 1.29 is 14.6 Å². The largest absolute Gasteiger partial charge is 0.508 e. The molecule has 0 aliphatic carbocycles. The molecule has 0 aliphatic rings. The number of benzene rings is 2. The number of hydrogen-bond donors (Lipinski definition) is 2. The highest BCUT2D eigenvalue weighted by atomic mass is 31.2. The predicted octanol–water partition coefficient (Wildman–Crippen LogP) is 2.86. The van der Waals surface area contributed by atoms with E-state index in [0.717, 1.165) is 0 Å². The summed E-state index contributed by atoms with van der Waals surface area (Å²) in [4.78, 5) is 10.3. The highest BCUT2D eigenvalue weighted by molar-refractivity contribution is 7.71. The number of hydrogen-bond acceptors (Lipinski definition) is 2. The maximum absolute atomic E-state index is 12.5. The Labute approximate surface area is 108 Å². The van der Waals surface area contributed by atoms with Gasteiger partial charge < -0.3 is 10.00 Å². The molecule has 5 heteroatoms. The van der Waals surface area contributed by atoms with Crippen LogP contribution in [0.3, 0.4) is 0 Å². The van der Waals surface area contributed by atoms with Crippen LogP contribution in [0.1, 0.15) is 11.0 Å². The molecular formula is C13H14O3P2. The zero-order valence-corrected chi connectivity index (χ0v) is 11.6. The van der Waals surface area contributed by atoms with E-state index in [1.54, 1.807) is 48.5 Å². The Morgan fingerprint density at radius 3 is 2.17 bits per heavy atom. The number of phenols is 1. The molecule has 0 fully saturated rings. The minimum atomic E-state index is -3.58. The maximum atomic E-state index is 12.5. The van der Waals surface area contributed by atoms with Crippen molar-refractivity contribution in [1.29, 1.82) is 0 Å². The highest BCUT2D eigenvalue weighted by Crippen LogP contribution is 2.59. The summed E-state index contributed by atoms with van der Waals surface area (Å²) in [6.45, 7) is 0. The molecule has 2 rings (SSSR count). The number of para-hydroxylation sites is 1. The molecule has 2 unspecified atom stereocenters. The first-order valence-electron chi connectivity index (χ1n) is 5.45. The standard InChI is InChI=1S/C13H14O3P2/c14-12-9-5-4-8-11(12)13(17)18(15,16)10-6-2-1-3-7-10/h1-9,13-14H,17H2,(H,15,16)/t13-/m1/s1. The van der Waals surface area contributed by atoms with E-state index in [9.17, 15) is 14.6 Å². The average Bonchev–Trinajstić information content (AvgIpc) is 2.39. The van der Waals surface area contributed by atoms with Crippen LogP contribution in [0.5, 0.6) is 5.75 Å². The quantitative estimate of drug-likeness (QED) is 0.850. The van der Waals surface area contributed by atoms with Crippen LogP contribution < -0.4 is 5.30 Å². The van der Waals surface area contributed by atoms with Crippen molar-refractivity contribution in [3.05, 3.63) is 60.2 Å². The molecule has 0 aliphatic heterocycles. The van der Waals surface area contributed by atoms with Crippen LogP contribution >= 0.6 is 16.6 Å². The van der Waals surface area contributed by atoms with Crippen LogP contribution in [-0.4, -0.2) is 10.00 Å². The third-order valence-corrected chi connectivity index (χ3v) is 6.40. The Hall–Kier alpha value is -1.14. The molecule has 3 nitrogen and oxygen atoms in total. The first-order chi connectivity index (χ1) is 8.53. The minimum Gasteiger partial charge on any atom is -0.508 e. The van der Waals surface area contributed by atoms with E-state index in [-0.39, 0.29) is 5.75 Å². The molecule has 0 bridgehead atoms. The number of aromatic hydroxyl groups is 1. The van der Waals surface area contributed by atoms with Gasteiger partial charge in [0.15, 0.2) is 0 Å². The monoisotopic (exact) mass is 280 g/mol. The molecule has 0 amide bonds. The van der Waals surface area contributed by atoms with Crippen LogP contribution in [0.25, 0.3) is 0 Å². The van der Waals surface area contributed by atoms with Gasteiger partial charge in [0.2, 0.25) is 7.37 Å². The van der Waals surface area contributed by atoms with E-state index in [2.05, 4.69) is 9.24 Å². The maximum Gasteiger partial charge on any atom is 0.240 e. The second-order valence-corrected chi connectivity index (χ2v) is 7.51. The fourth-order valence-corrected chi connectivity index (χ4v) is 4.04. The zero-order valence-electron chi connectivity index (χ0n) is 9.60. The Balaban J connectivity index is 2.43. The fraction of sp³-hybridized carbons (Fsp3) is 0.0769. The molecule has 2 aromatic carbocycles. The summed E-state index contributed by atoms with van der Waals surface area (Å²) in [7, 11) is -1.23. The van der Waals surface area contributed by atoms with Crippen molar-refractivity contribution >= 4 is 21.9 Å². The van der Waals surface area contributed by atoms with Gasteiger partial charge in [0, 0.05) is 10.9 Å². The van der Waals surface area contributed by atoms with Gasteiger partial charge in [-0.05, 0) is 18.2 Å². The molecule has 0 aromatic heterocycles. The van der Waals surface area contributed by atoms with E-state index < -0.39 is 12.8 Å². The lowest BCUT2D eigenvalue weighted by Gasteiger charge is -2.20. The van der Waals surface area contributed by atoms with Gasteiger partial charge in [0.05, 0.1) is 5.40 Å². The SMILES string of the molecule is O=P(O)(c1ccccc1)[C@@H](P)c1ccccc1O. The average molecular weight is 280 g/mol. The van der Waals surface area contributed by atoms with Gasteiger partial charge in [-0.3, -0.25) is 4.57 Å². The normalized spacial score (nSPS) is 15.9. The van der Waals surface area contributed by atoms with Crippen LogP contribution in [0, 0.1) is 0 Å². The van der Waals surface area contributed by atoms with Crippen molar-refractivity contribution in [1.82, 2.24) is 0 Å². The Morgan fingerprint density at radius 1 is 1.00 bits per heavy atom. The van der Waals surface area contributed by atoms with Gasteiger partial charge in [0.1, 0.15) is 5.75 Å². The van der Waals surface area contributed by atoms with Crippen molar-refractivity contribution in [2.45, 2.75) is 5.40 Å². The summed E-state index contributed by atoms with van der Waals surface area (Å²) < 4.78 is 12.5. The van der Waals surface area contributed by atoms with E-state index in [0.29, 0.717) is 10.9 Å². The van der Waals surface area contributed by atoms with E-state index in [1.807, 2.05) is 0 Å². The Kier molecular flexibility index (Phi) is 3.87. The highest BCUT2D eigenvalue weighted by Gasteiger charge is 2.31. The zero-order chi connectivity index (χ0) is 13.2. The van der Waals surface area contributed by atoms with Crippen LogP contribution in [-0.2, 0) is 4.57 Å². The van der Waals surface area contributed by atoms with Crippen molar-refractivity contribution in [2.75, 3.05) is 0 Å². The topological polar surface area (TPSA) is 57.5 Å². The van der Waals surface area contributed by atoms with E-state index in [1.165, 1.54) is 6.07 Å². The molecule has 0 saturated carbocycles. The summed E-state index contributed by atoms with van der Waals surface area (Å²) in [6, 6.07) is 15.1. The van der Waals surface area contributed by atoms with Crippen molar-refractivity contribution in [3.63, 3.8) is 0 Å². The molecule has 2 aromatic rings. The second-order valence-electron chi connectivity index (χ2n) is 3.96. The summed E-state index contributed by atoms with van der Waals surface area (Å²) in [5.74, 6) is 0.0303. The third-order valence-electron chi connectivity index (χ3n) is 2.76. The van der Waals surface area contributed by atoms with Gasteiger partial charge >= 0.3 is 0 Å². The summed E-state index contributed by atoms with van der Waals surface area (Å²) in [6.07, 6.45) is 0. The smallest absolute Gasteiger partial charge is 0.240 e. The molecule has 2 N–H and O–H groups in total. The summed E-state index contributed by atoms with van der Waals surface area (Å²) >= 11 is 0. The van der Waals surface area contributed by atoms with Crippen molar-refractivity contribution in [2.24, 2.45) is 0 Å². The van der Waals surface area contributed by atoms with Crippen LogP contribution in [0.15, 0.2) is 54.6 Å². The Morgan fingerprint density at radius 2 is 1.56 bits per heavy atom. The van der Waals surface area contributed by atoms with Crippen LogP contribution in [0.2, 0.25) is 0 Å². The van der Waals surface area contributed by atoms with Gasteiger partial charge in [-0.1, -0.05) is 36.4 Å². The molecular weight excluding hydrogens is 266 g/mol. The van der Waals surface area contributed by atoms with Crippen molar-refractivity contribution in [3.8, 4) is 5.75 Å². The minimum absolute atomic E-state index is 0.0303. The lowest BCUT2D eigenvalue weighted by Crippen LogP contribution is -2.07. The van der Waals surface area contributed by atoms with Crippen LogP contribution in [0.4, 0.5) is 0 Å². The molecule has 3 atom stereocenters. The molecule has 0 saturated heterocycles. The first kappa shape index (κ1) is 13.3. The molecule has 0 spiro atoms. The number of phenolic OH excluding ortho intramolecular Hbond substituents is 1. The summed E-state index contributed by atoms with van der Waals surface area (Å²) in [5, 5.41) is 9.41. The van der Waals surface area contributed by atoms with Gasteiger partial charge in [-0.2, -0.15) is 0 Å². The molecule has 0 radical (unpaired) electrons.